The summed E-state index contributed by atoms with van der Waals surface area (Å²) in [5, 5.41) is 3.05. The summed E-state index contributed by atoms with van der Waals surface area (Å²) in [4.78, 5) is 11.1. The van der Waals surface area contributed by atoms with E-state index in [-0.39, 0.29) is 12.5 Å². The van der Waals surface area contributed by atoms with Gasteiger partial charge in [0, 0.05) is 0 Å². The number of esters is 1. The molecule has 0 fully saturated rings. The molecule has 17 heavy (non-hydrogen) atoms. The molecular formula is C13H19NO3. The predicted octanol–water partition coefficient (Wildman–Crippen LogP) is 2.21. The molecule has 0 bridgehead atoms. The standard InChI is InChI=1S/C13H19NO3/c1-8-6-9(2)12(13(17-5)10(8)3)14-7-11(15)16-4/h6,14H,7H2,1-5H3. The summed E-state index contributed by atoms with van der Waals surface area (Å²) in [5.74, 6) is 0.482. The van der Waals surface area contributed by atoms with Crippen molar-refractivity contribution in [1.29, 1.82) is 0 Å². The Hall–Kier alpha value is -1.71. The van der Waals surface area contributed by atoms with E-state index in [1.54, 1.807) is 7.11 Å². The first-order valence-corrected chi connectivity index (χ1v) is 5.46. The Morgan fingerprint density at radius 1 is 1.24 bits per heavy atom. The Balaban J connectivity index is 3.05. The third-order valence-electron chi connectivity index (χ3n) is 2.83. The highest BCUT2D eigenvalue weighted by Crippen LogP contribution is 2.33. The first kappa shape index (κ1) is 13.4. The van der Waals surface area contributed by atoms with Crippen LogP contribution in [-0.2, 0) is 9.53 Å². The quantitative estimate of drug-likeness (QED) is 0.816. The minimum atomic E-state index is -0.301. The summed E-state index contributed by atoms with van der Waals surface area (Å²) >= 11 is 0. The zero-order valence-corrected chi connectivity index (χ0v) is 11.0. The lowest BCUT2D eigenvalue weighted by molar-refractivity contribution is -0.138. The van der Waals surface area contributed by atoms with E-state index in [1.165, 1.54) is 12.7 Å². The first-order valence-electron chi connectivity index (χ1n) is 5.46. The molecule has 0 heterocycles. The van der Waals surface area contributed by atoms with Crippen LogP contribution >= 0.6 is 0 Å². The van der Waals surface area contributed by atoms with E-state index >= 15 is 0 Å². The molecule has 0 aliphatic heterocycles. The monoisotopic (exact) mass is 237 g/mol. The lowest BCUT2D eigenvalue weighted by Gasteiger charge is -2.17. The van der Waals surface area contributed by atoms with Crippen LogP contribution in [0.4, 0.5) is 5.69 Å². The highest BCUT2D eigenvalue weighted by atomic mass is 16.5. The summed E-state index contributed by atoms with van der Waals surface area (Å²) in [5.41, 5.74) is 4.14. The Morgan fingerprint density at radius 3 is 2.41 bits per heavy atom. The highest BCUT2D eigenvalue weighted by Gasteiger charge is 2.13. The Morgan fingerprint density at radius 2 is 1.88 bits per heavy atom. The predicted molar refractivity (Wildman–Crippen MR) is 67.7 cm³/mol. The molecule has 0 amide bonds. The SMILES string of the molecule is COC(=O)CNc1c(C)cc(C)c(C)c1OC. The van der Waals surface area contributed by atoms with Gasteiger partial charge in [-0.1, -0.05) is 6.07 Å². The summed E-state index contributed by atoms with van der Waals surface area (Å²) in [6.07, 6.45) is 0. The van der Waals surface area contributed by atoms with E-state index in [9.17, 15) is 4.79 Å². The van der Waals surface area contributed by atoms with Crippen LogP contribution in [0.15, 0.2) is 6.07 Å². The number of rotatable bonds is 4. The second kappa shape index (κ2) is 5.57. The van der Waals surface area contributed by atoms with Gasteiger partial charge in [0.2, 0.25) is 0 Å². The summed E-state index contributed by atoms with van der Waals surface area (Å²) in [7, 11) is 3.00. The fraction of sp³-hybridized carbons (Fsp3) is 0.462. The van der Waals surface area contributed by atoms with Crippen molar-refractivity contribution in [2.75, 3.05) is 26.1 Å². The number of benzene rings is 1. The van der Waals surface area contributed by atoms with Gasteiger partial charge in [-0.3, -0.25) is 4.79 Å². The number of carbonyl (C=O) groups excluding carboxylic acids is 1. The molecule has 4 heteroatoms. The van der Waals surface area contributed by atoms with Crippen LogP contribution in [0.25, 0.3) is 0 Å². The van der Waals surface area contributed by atoms with Gasteiger partial charge < -0.3 is 14.8 Å². The topological polar surface area (TPSA) is 47.6 Å². The van der Waals surface area contributed by atoms with Crippen molar-refractivity contribution in [3.63, 3.8) is 0 Å². The number of hydrogen-bond donors (Lipinski definition) is 1. The van der Waals surface area contributed by atoms with Crippen LogP contribution in [0.2, 0.25) is 0 Å². The average molecular weight is 237 g/mol. The molecule has 1 rings (SSSR count). The van der Waals surface area contributed by atoms with Crippen LogP contribution in [0.3, 0.4) is 0 Å². The van der Waals surface area contributed by atoms with Crippen LogP contribution in [-0.4, -0.2) is 26.7 Å². The Bertz CT molecular complexity index is 427. The minimum absolute atomic E-state index is 0.135. The number of nitrogens with one attached hydrogen (secondary N) is 1. The molecule has 0 radical (unpaired) electrons. The van der Waals surface area contributed by atoms with Gasteiger partial charge in [-0.05, 0) is 37.5 Å². The molecule has 0 saturated carbocycles. The molecule has 1 aromatic carbocycles. The number of methoxy groups -OCH3 is 2. The van der Waals surface area contributed by atoms with Crippen molar-refractivity contribution >= 4 is 11.7 Å². The molecule has 0 aliphatic carbocycles. The van der Waals surface area contributed by atoms with E-state index in [0.717, 1.165) is 22.6 Å². The van der Waals surface area contributed by atoms with Gasteiger partial charge >= 0.3 is 5.97 Å². The molecule has 0 aliphatic rings. The van der Waals surface area contributed by atoms with E-state index < -0.39 is 0 Å². The summed E-state index contributed by atoms with van der Waals surface area (Å²) < 4.78 is 9.99. The van der Waals surface area contributed by atoms with Gasteiger partial charge in [-0.15, -0.1) is 0 Å². The Kier molecular flexibility index (Phi) is 4.37. The molecule has 0 aromatic heterocycles. The van der Waals surface area contributed by atoms with Crippen molar-refractivity contribution in [1.82, 2.24) is 0 Å². The fourth-order valence-corrected chi connectivity index (χ4v) is 1.76. The number of hydrogen-bond acceptors (Lipinski definition) is 4. The van der Waals surface area contributed by atoms with Crippen LogP contribution in [0.5, 0.6) is 5.75 Å². The van der Waals surface area contributed by atoms with Gasteiger partial charge in [0.25, 0.3) is 0 Å². The second-order valence-electron chi connectivity index (χ2n) is 3.97. The molecule has 1 aromatic rings. The second-order valence-corrected chi connectivity index (χ2v) is 3.97. The molecule has 0 unspecified atom stereocenters. The lowest BCUT2D eigenvalue weighted by Crippen LogP contribution is -2.16. The maximum Gasteiger partial charge on any atom is 0.325 e. The third-order valence-corrected chi connectivity index (χ3v) is 2.83. The Labute approximate surface area is 102 Å². The molecule has 4 nitrogen and oxygen atoms in total. The van der Waals surface area contributed by atoms with Gasteiger partial charge in [0.05, 0.1) is 19.9 Å². The fourth-order valence-electron chi connectivity index (χ4n) is 1.76. The van der Waals surface area contributed by atoms with E-state index in [1.807, 2.05) is 20.8 Å². The molecule has 0 saturated heterocycles. The van der Waals surface area contributed by atoms with E-state index in [0.29, 0.717) is 0 Å². The van der Waals surface area contributed by atoms with Crippen LogP contribution in [0.1, 0.15) is 16.7 Å². The minimum Gasteiger partial charge on any atom is -0.494 e. The zero-order chi connectivity index (χ0) is 13.0. The van der Waals surface area contributed by atoms with Crippen LogP contribution < -0.4 is 10.1 Å². The highest BCUT2D eigenvalue weighted by molar-refractivity contribution is 5.77. The van der Waals surface area contributed by atoms with Gasteiger partial charge in [-0.2, -0.15) is 0 Å². The smallest absolute Gasteiger partial charge is 0.325 e. The average Bonchev–Trinajstić information content (AvgIpc) is 2.31. The normalized spacial score (nSPS) is 9.94. The first-order chi connectivity index (χ1) is 8.01. The van der Waals surface area contributed by atoms with Crippen molar-refractivity contribution in [3.05, 3.63) is 22.8 Å². The maximum atomic E-state index is 11.1. The third kappa shape index (κ3) is 2.90. The number of ether oxygens (including phenoxy) is 2. The van der Waals surface area contributed by atoms with Crippen LogP contribution in [0, 0.1) is 20.8 Å². The van der Waals surface area contributed by atoms with E-state index in [4.69, 9.17) is 4.74 Å². The van der Waals surface area contributed by atoms with Crippen molar-refractivity contribution in [2.24, 2.45) is 0 Å². The molecular weight excluding hydrogens is 218 g/mol. The molecule has 0 atom stereocenters. The van der Waals surface area contributed by atoms with Gasteiger partial charge in [0.15, 0.2) is 0 Å². The summed E-state index contributed by atoms with van der Waals surface area (Å²) in [6, 6.07) is 2.07. The lowest BCUT2D eigenvalue weighted by atomic mass is 10.0. The van der Waals surface area contributed by atoms with Crippen molar-refractivity contribution < 1.29 is 14.3 Å². The van der Waals surface area contributed by atoms with Crippen molar-refractivity contribution in [2.45, 2.75) is 20.8 Å². The summed E-state index contributed by atoms with van der Waals surface area (Å²) in [6.45, 7) is 6.15. The van der Waals surface area contributed by atoms with Gasteiger partial charge in [0.1, 0.15) is 12.3 Å². The maximum absolute atomic E-state index is 11.1. The molecule has 94 valence electrons. The zero-order valence-electron chi connectivity index (χ0n) is 11.0. The van der Waals surface area contributed by atoms with Crippen molar-refractivity contribution in [3.8, 4) is 5.75 Å². The number of anilines is 1. The molecule has 1 N–H and O–H groups in total. The number of carbonyl (C=O) groups is 1. The molecule has 0 spiro atoms. The largest absolute Gasteiger partial charge is 0.494 e. The van der Waals surface area contributed by atoms with Gasteiger partial charge in [-0.25, -0.2) is 0 Å². The number of aryl methyl sites for hydroxylation is 2. The van der Waals surface area contributed by atoms with E-state index in [2.05, 4.69) is 16.1 Å².